The molecule has 0 saturated heterocycles. The number of carboxylic acids is 1. The van der Waals surface area contributed by atoms with Crippen molar-refractivity contribution in [1.82, 2.24) is 0 Å². The first-order chi connectivity index (χ1) is 17.1. The Kier molecular flexibility index (Phi) is 5.97. The van der Waals surface area contributed by atoms with Crippen molar-refractivity contribution in [2.75, 3.05) is 6.61 Å². The molecule has 5 aliphatic rings. The molecule has 0 radical (unpaired) electrons. The van der Waals surface area contributed by atoms with Gasteiger partial charge in [-0.2, -0.15) is 0 Å². The van der Waals surface area contributed by atoms with E-state index in [-0.39, 0.29) is 16.4 Å². The van der Waals surface area contributed by atoms with Gasteiger partial charge in [0.1, 0.15) is 0 Å². The van der Waals surface area contributed by atoms with Gasteiger partial charge in [-0.15, -0.1) is 0 Å². The third kappa shape index (κ3) is 3.44. The zero-order valence-electron chi connectivity index (χ0n) is 22.2. The summed E-state index contributed by atoms with van der Waals surface area (Å²) in [6.07, 6.45) is 15.4. The summed E-state index contributed by atoms with van der Waals surface area (Å²) < 4.78 is 0. The number of hydrogen-bond acceptors (Lipinski definition) is 2. The Bertz CT molecular complexity index is 1090. The maximum Gasteiger partial charge on any atom is 0.335 e. The number of rotatable bonds is 3. The molecule has 8 atom stereocenters. The zero-order valence-corrected chi connectivity index (χ0v) is 23.0. The van der Waals surface area contributed by atoms with Crippen LogP contribution >= 0.6 is 11.6 Å². The molecule has 0 aliphatic heterocycles. The number of benzene rings is 1. The molecule has 0 bridgehead atoms. The molecule has 0 heterocycles. The topological polar surface area (TPSA) is 57.5 Å². The van der Waals surface area contributed by atoms with E-state index in [0.29, 0.717) is 23.0 Å². The molecule has 6 rings (SSSR count). The van der Waals surface area contributed by atoms with E-state index in [2.05, 4.69) is 26.8 Å². The first kappa shape index (κ1) is 25.0. The number of aromatic carboxylic acids is 1. The summed E-state index contributed by atoms with van der Waals surface area (Å²) in [7, 11) is 0. The van der Waals surface area contributed by atoms with E-state index >= 15 is 0 Å². The fraction of sp³-hybridized carbons (Fsp3) is 0.719. The van der Waals surface area contributed by atoms with Crippen LogP contribution in [-0.4, -0.2) is 22.8 Å². The third-order valence-corrected chi connectivity index (χ3v) is 12.8. The normalized spacial score (nSPS) is 43.0. The monoisotopic (exact) mass is 510 g/mol. The molecule has 0 aromatic heterocycles. The fourth-order valence-electron chi connectivity index (χ4n) is 11.0. The van der Waals surface area contributed by atoms with E-state index < -0.39 is 5.97 Å². The van der Waals surface area contributed by atoms with Gasteiger partial charge in [-0.05, 0) is 133 Å². The average Bonchev–Trinajstić information content (AvgIpc) is 3.29. The van der Waals surface area contributed by atoms with Gasteiger partial charge in [0.05, 0.1) is 5.56 Å². The summed E-state index contributed by atoms with van der Waals surface area (Å²) >= 11 is 6.68. The largest absolute Gasteiger partial charge is 0.478 e. The van der Waals surface area contributed by atoms with Crippen molar-refractivity contribution in [3.8, 4) is 0 Å². The van der Waals surface area contributed by atoms with E-state index in [1.165, 1.54) is 63.4 Å². The van der Waals surface area contributed by atoms with Gasteiger partial charge in [0.2, 0.25) is 0 Å². The van der Waals surface area contributed by atoms with Crippen molar-refractivity contribution >= 4 is 23.1 Å². The minimum absolute atomic E-state index is 0.00669. The molecular formula is C32H43ClO3. The van der Waals surface area contributed by atoms with Crippen LogP contribution in [0, 0.1) is 51.8 Å². The molecule has 3 nitrogen and oxygen atoms in total. The standard InChI is InChI=1S/C32H43ClO3/c1-30(2)24(23-7-6-19(29(35)36)17-27(23)33)13-15-31(3)25-10-8-22-20(21(25)9-11-28(30)31)12-16-32(18-34)14-4-5-26(22)32/h6-7,13,17,20-22,25-26,28,34H,4-5,8-12,14-16,18H2,1-3H3,(H,35,36)/t20?,21?,22?,25?,26?,28?,31-,32-/m1/s1. The van der Waals surface area contributed by atoms with E-state index in [4.69, 9.17) is 11.6 Å². The van der Waals surface area contributed by atoms with Crippen LogP contribution in [0.4, 0.5) is 0 Å². The highest BCUT2D eigenvalue weighted by Crippen LogP contribution is 2.69. The summed E-state index contributed by atoms with van der Waals surface area (Å²) in [4.78, 5) is 11.4. The second-order valence-corrected chi connectivity index (χ2v) is 14.3. The zero-order chi connectivity index (χ0) is 25.5. The molecule has 1 aromatic rings. The maximum absolute atomic E-state index is 11.4. The molecule has 1 aromatic carbocycles. The molecule has 196 valence electrons. The van der Waals surface area contributed by atoms with E-state index in [9.17, 15) is 15.0 Å². The van der Waals surface area contributed by atoms with Gasteiger partial charge in [0.15, 0.2) is 0 Å². The van der Waals surface area contributed by atoms with Crippen LogP contribution in [0.2, 0.25) is 5.02 Å². The van der Waals surface area contributed by atoms with Crippen LogP contribution in [0.1, 0.15) is 101 Å². The predicted octanol–water partition coefficient (Wildman–Crippen LogP) is 8.10. The Labute approximate surface area is 221 Å². The first-order valence-electron chi connectivity index (χ1n) is 14.5. The Morgan fingerprint density at radius 3 is 2.44 bits per heavy atom. The highest BCUT2D eigenvalue weighted by atomic mass is 35.5. The summed E-state index contributed by atoms with van der Waals surface area (Å²) in [5.41, 5.74) is 3.10. The Morgan fingerprint density at radius 1 is 0.972 bits per heavy atom. The van der Waals surface area contributed by atoms with Crippen molar-refractivity contribution in [1.29, 1.82) is 0 Å². The molecule has 36 heavy (non-hydrogen) atoms. The Balaban J connectivity index is 1.30. The number of carboxylic acid groups (broad SMARTS) is 1. The lowest BCUT2D eigenvalue weighted by Gasteiger charge is -2.64. The highest BCUT2D eigenvalue weighted by molar-refractivity contribution is 6.32. The second kappa shape index (κ2) is 8.60. The number of fused-ring (bicyclic) bond motifs is 7. The summed E-state index contributed by atoms with van der Waals surface area (Å²) in [5.74, 6) is 3.75. The average molecular weight is 511 g/mol. The predicted molar refractivity (Wildman–Crippen MR) is 145 cm³/mol. The number of halogens is 1. The summed E-state index contributed by atoms with van der Waals surface area (Å²) in [6.45, 7) is 7.81. The van der Waals surface area contributed by atoms with Crippen LogP contribution in [0.15, 0.2) is 24.3 Å². The van der Waals surface area contributed by atoms with Gasteiger partial charge in [0, 0.05) is 11.6 Å². The molecule has 0 spiro atoms. The van der Waals surface area contributed by atoms with Gasteiger partial charge in [-0.3, -0.25) is 0 Å². The van der Waals surface area contributed by atoms with Crippen LogP contribution in [0.3, 0.4) is 0 Å². The van der Waals surface area contributed by atoms with Gasteiger partial charge >= 0.3 is 5.97 Å². The number of carbonyl (C=O) groups is 1. The third-order valence-electron chi connectivity index (χ3n) is 12.5. The van der Waals surface area contributed by atoms with E-state index in [1.54, 1.807) is 12.1 Å². The molecule has 0 amide bonds. The minimum atomic E-state index is -0.932. The van der Waals surface area contributed by atoms with Crippen LogP contribution < -0.4 is 0 Å². The molecule has 2 N–H and O–H groups in total. The van der Waals surface area contributed by atoms with Gasteiger partial charge in [0.25, 0.3) is 0 Å². The van der Waals surface area contributed by atoms with Gasteiger partial charge in [-0.1, -0.05) is 50.9 Å². The summed E-state index contributed by atoms with van der Waals surface area (Å²) in [6, 6.07) is 5.24. The number of aliphatic hydroxyl groups excluding tert-OH is 1. The Hall–Kier alpha value is -1.32. The number of hydrogen-bond donors (Lipinski definition) is 2. The lowest BCUT2D eigenvalue weighted by atomic mass is 9.41. The maximum atomic E-state index is 11.4. The smallest absolute Gasteiger partial charge is 0.335 e. The quantitative estimate of drug-likeness (QED) is 0.431. The molecule has 4 fully saturated rings. The molecule has 4 heteroatoms. The lowest BCUT2D eigenvalue weighted by Crippen LogP contribution is -2.57. The van der Waals surface area contributed by atoms with Crippen LogP contribution in [-0.2, 0) is 0 Å². The van der Waals surface area contributed by atoms with Gasteiger partial charge < -0.3 is 10.2 Å². The van der Waals surface area contributed by atoms with Crippen molar-refractivity contribution in [3.05, 3.63) is 40.4 Å². The SMILES string of the molecule is CC1(C)C(c2ccc(C(=O)O)cc2Cl)=CC[C@]2(C)C3CCC4C(CC[C@@]5(CO)CCCC45)C3CCC12. The minimum Gasteiger partial charge on any atom is -0.478 e. The highest BCUT2D eigenvalue weighted by Gasteiger charge is 2.61. The Morgan fingerprint density at radius 2 is 1.72 bits per heavy atom. The fourth-order valence-corrected chi connectivity index (χ4v) is 11.3. The lowest BCUT2D eigenvalue weighted by molar-refractivity contribution is -0.134. The van der Waals surface area contributed by atoms with Crippen molar-refractivity contribution in [2.45, 2.75) is 85.0 Å². The second-order valence-electron chi connectivity index (χ2n) is 13.9. The number of aliphatic hydroxyl groups is 1. The summed E-state index contributed by atoms with van der Waals surface area (Å²) in [5, 5.41) is 20.3. The van der Waals surface area contributed by atoms with Crippen molar-refractivity contribution < 1.29 is 15.0 Å². The number of allylic oxidation sites excluding steroid dienone is 2. The van der Waals surface area contributed by atoms with Gasteiger partial charge in [-0.25, -0.2) is 4.79 Å². The van der Waals surface area contributed by atoms with Crippen molar-refractivity contribution in [2.24, 2.45) is 51.8 Å². The molecule has 5 aliphatic carbocycles. The van der Waals surface area contributed by atoms with E-state index in [1.807, 2.05) is 6.07 Å². The van der Waals surface area contributed by atoms with E-state index in [0.717, 1.165) is 41.6 Å². The molecular weight excluding hydrogens is 468 g/mol. The van der Waals surface area contributed by atoms with Crippen molar-refractivity contribution in [3.63, 3.8) is 0 Å². The first-order valence-corrected chi connectivity index (χ1v) is 14.8. The van der Waals surface area contributed by atoms with Crippen LogP contribution in [0.5, 0.6) is 0 Å². The molecule has 4 saturated carbocycles. The molecule has 6 unspecified atom stereocenters. The van der Waals surface area contributed by atoms with Crippen LogP contribution in [0.25, 0.3) is 5.57 Å².